The first-order chi connectivity index (χ1) is 13.3. The summed E-state index contributed by atoms with van der Waals surface area (Å²) in [5.41, 5.74) is 0.0111. The van der Waals surface area contributed by atoms with E-state index in [4.69, 9.17) is 4.74 Å². The predicted octanol–water partition coefficient (Wildman–Crippen LogP) is 1.56. The number of piperidine rings is 1. The second-order valence-electron chi connectivity index (χ2n) is 8.15. The van der Waals surface area contributed by atoms with E-state index in [1.165, 1.54) is 12.1 Å². The molecule has 148 valence electrons. The molecule has 2 N–H and O–H groups in total. The summed E-state index contributed by atoms with van der Waals surface area (Å²) in [5, 5.41) is 4.98. The van der Waals surface area contributed by atoms with Crippen molar-refractivity contribution in [2.45, 2.75) is 43.2 Å². The number of carbonyl (C=O) groups excluding carboxylic acids is 3. The van der Waals surface area contributed by atoms with E-state index in [9.17, 15) is 23.2 Å². The van der Waals surface area contributed by atoms with Crippen LogP contribution in [0.1, 0.15) is 37.2 Å². The van der Waals surface area contributed by atoms with Gasteiger partial charge in [0.1, 0.15) is 17.7 Å². The standard InChI is InChI=1S/C19H19F2N3O4/c20-13-3-10(4-14(21)16(13)12-1-2-15(25)22-17(12)26)24-7-11(8-24)28-18(27)23-19-5-9(19)6-19/h3-4,9,11-12H,1-2,5-8H2,(H,23,27)(H,22,25,26). The van der Waals surface area contributed by atoms with Crippen molar-refractivity contribution in [1.29, 1.82) is 0 Å². The zero-order valence-corrected chi connectivity index (χ0v) is 15.0. The van der Waals surface area contributed by atoms with Crippen molar-refractivity contribution < 1.29 is 27.9 Å². The van der Waals surface area contributed by atoms with Gasteiger partial charge in [-0.05, 0) is 37.3 Å². The maximum Gasteiger partial charge on any atom is 0.407 e. The minimum Gasteiger partial charge on any atom is -0.442 e. The van der Waals surface area contributed by atoms with Gasteiger partial charge in [-0.3, -0.25) is 14.9 Å². The number of benzene rings is 1. The zero-order chi connectivity index (χ0) is 19.6. The summed E-state index contributed by atoms with van der Waals surface area (Å²) in [4.78, 5) is 36.7. The fraction of sp³-hybridized carbons (Fsp3) is 0.526. The Balaban J connectivity index is 1.21. The van der Waals surface area contributed by atoms with Crippen molar-refractivity contribution in [2.75, 3.05) is 18.0 Å². The van der Waals surface area contributed by atoms with E-state index in [0.717, 1.165) is 12.8 Å². The third-order valence-electron chi connectivity index (χ3n) is 6.17. The minimum atomic E-state index is -1.02. The van der Waals surface area contributed by atoms with Crippen LogP contribution in [0.4, 0.5) is 19.3 Å². The number of hydrogen-bond donors (Lipinski definition) is 2. The highest BCUT2D eigenvalue weighted by Crippen LogP contribution is 2.66. The summed E-state index contributed by atoms with van der Waals surface area (Å²) >= 11 is 0. The van der Waals surface area contributed by atoms with E-state index in [2.05, 4.69) is 10.6 Å². The van der Waals surface area contributed by atoms with Gasteiger partial charge in [0.05, 0.1) is 19.0 Å². The van der Waals surface area contributed by atoms with Crippen molar-refractivity contribution in [3.05, 3.63) is 29.3 Å². The Morgan fingerprint density at radius 3 is 2.43 bits per heavy atom. The van der Waals surface area contributed by atoms with E-state index in [1.54, 1.807) is 4.90 Å². The highest BCUT2D eigenvalue weighted by Gasteiger charge is 2.71. The predicted molar refractivity (Wildman–Crippen MR) is 92.6 cm³/mol. The molecule has 9 heteroatoms. The van der Waals surface area contributed by atoms with Crippen LogP contribution in [0.25, 0.3) is 0 Å². The Bertz CT molecular complexity index is 870. The molecule has 0 aromatic heterocycles. The summed E-state index contributed by atoms with van der Waals surface area (Å²) in [6.07, 6.45) is 1.42. The summed E-state index contributed by atoms with van der Waals surface area (Å²) in [6, 6.07) is 2.35. The number of hydrogen-bond acceptors (Lipinski definition) is 5. The van der Waals surface area contributed by atoms with Crippen LogP contribution < -0.4 is 15.5 Å². The molecule has 28 heavy (non-hydrogen) atoms. The number of rotatable bonds is 4. The quantitative estimate of drug-likeness (QED) is 0.761. The highest BCUT2D eigenvalue weighted by molar-refractivity contribution is 6.01. The van der Waals surface area contributed by atoms with Crippen LogP contribution >= 0.6 is 0 Å². The molecule has 0 spiro atoms. The van der Waals surface area contributed by atoms with Crippen LogP contribution in [-0.4, -0.2) is 42.6 Å². The monoisotopic (exact) mass is 391 g/mol. The largest absolute Gasteiger partial charge is 0.442 e. The topological polar surface area (TPSA) is 87.7 Å². The first-order valence-corrected chi connectivity index (χ1v) is 9.41. The summed E-state index contributed by atoms with van der Waals surface area (Å²) in [7, 11) is 0. The van der Waals surface area contributed by atoms with E-state index in [0.29, 0.717) is 24.7 Å². The van der Waals surface area contributed by atoms with Crippen LogP contribution in [0.3, 0.4) is 0 Å². The van der Waals surface area contributed by atoms with Gasteiger partial charge in [0.25, 0.3) is 0 Å². The highest BCUT2D eigenvalue weighted by atomic mass is 19.1. The first-order valence-electron chi connectivity index (χ1n) is 9.41. The molecular formula is C19H19F2N3O4. The number of amides is 3. The molecule has 2 heterocycles. The zero-order valence-electron chi connectivity index (χ0n) is 15.0. The summed E-state index contributed by atoms with van der Waals surface area (Å²) in [6.45, 7) is 0.695. The Kier molecular flexibility index (Phi) is 3.66. The molecule has 4 fully saturated rings. The van der Waals surface area contributed by atoms with E-state index < -0.39 is 35.5 Å². The van der Waals surface area contributed by atoms with Crippen LogP contribution in [-0.2, 0) is 14.3 Å². The molecule has 1 aromatic rings. The molecule has 4 aliphatic rings. The van der Waals surface area contributed by atoms with E-state index in [-0.39, 0.29) is 30.0 Å². The number of nitrogens with one attached hydrogen (secondary N) is 2. The van der Waals surface area contributed by atoms with Crippen LogP contribution in [0.2, 0.25) is 0 Å². The second kappa shape index (κ2) is 5.89. The third kappa shape index (κ3) is 2.89. The molecular weight excluding hydrogens is 372 g/mol. The number of fused-ring (bicyclic) bond motifs is 1. The van der Waals surface area contributed by atoms with Crippen LogP contribution in [0.5, 0.6) is 0 Å². The molecule has 2 saturated carbocycles. The van der Waals surface area contributed by atoms with Gasteiger partial charge in [0.2, 0.25) is 11.8 Å². The smallest absolute Gasteiger partial charge is 0.407 e. The molecule has 2 aliphatic carbocycles. The summed E-state index contributed by atoms with van der Waals surface area (Å²) < 4.78 is 34.4. The first kappa shape index (κ1) is 17.4. The Morgan fingerprint density at radius 2 is 1.86 bits per heavy atom. The lowest BCUT2D eigenvalue weighted by molar-refractivity contribution is -0.134. The number of nitrogens with zero attached hydrogens (tertiary/aromatic N) is 1. The van der Waals surface area contributed by atoms with E-state index >= 15 is 0 Å². The molecule has 2 aliphatic heterocycles. The molecule has 1 aromatic carbocycles. The molecule has 0 bridgehead atoms. The number of anilines is 1. The lowest BCUT2D eigenvalue weighted by Gasteiger charge is -2.40. The number of carbonyl (C=O) groups is 3. The second-order valence-corrected chi connectivity index (χ2v) is 8.15. The molecule has 5 rings (SSSR count). The number of alkyl carbamates (subject to hydrolysis) is 1. The van der Waals surface area contributed by atoms with Gasteiger partial charge in [-0.1, -0.05) is 0 Å². The fourth-order valence-electron chi connectivity index (χ4n) is 4.07. The SMILES string of the molecule is O=C1CCC(c2c(F)cc(N3CC(OC(=O)NC45CC4C5)C3)cc2F)C(=O)N1. The van der Waals surface area contributed by atoms with Gasteiger partial charge < -0.3 is 15.0 Å². The molecule has 0 radical (unpaired) electrons. The summed E-state index contributed by atoms with van der Waals surface area (Å²) in [5.74, 6) is -3.16. The van der Waals surface area contributed by atoms with Crippen molar-refractivity contribution in [2.24, 2.45) is 5.92 Å². The Labute approximate surface area is 159 Å². The van der Waals surface area contributed by atoms with Gasteiger partial charge in [-0.15, -0.1) is 0 Å². The maximum absolute atomic E-state index is 14.6. The van der Waals surface area contributed by atoms with Crippen molar-refractivity contribution >= 4 is 23.6 Å². The van der Waals surface area contributed by atoms with Gasteiger partial charge in [-0.25, -0.2) is 13.6 Å². The molecule has 7 nitrogen and oxygen atoms in total. The van der Waals surface area contributed by atoms with Gasteiger partial charge in [-0.2, -0.15) is 0 Å². The van der Waals surface area contributed by atoms with Crippen molar-refractivity contribution in [3.63, 3.8) is 0 Å². The minimum absolute atomic E-state index is 0.00136. The maximum atomic E-state index is 14.6. The lowest BCUT2D eigenvalue weighted by Crippen LogP contribution is -2.54. The normalized spacial score (nSPS) is 30.9. The van der Waals surface area contributed by atoms with Crippen LogP contribution in [0.15, 0.2) is 12.1 Å². The Hall–Kier alpha value is -2.71. The molecule has 1 unspecified atom stereocenters. The van der Waals surface area contributed by atoms with Gasteiger partial charge in [0.15, 0.2) is 0 Å². The van der Waals surface area contributed by atoms with Crippen LogP contribution in [0, 0.1) is 17.6 Å². The van der Waals surface area contributed by atoms with Crippen molar-refractivity contribution in [1.82, 2.24) is 10.6 Å². The molecule has 1 atom stereocenters. The van der Waals surface area contributed by atoms with E-state index in [1.807, 2.05) is 0 Å². The molecule has 3 amide bonds. The fourth-order valence-corrected chi connectivity index (χ4v) is 4.07. The number of imide groups is 1. The average molecular weight is 391 g/mol. The van der Waals surface area contributed by atoms with Gasteiger partial charge >= 0.3 is 6.09 Å². The Morgan fingerprint density at radius 1 is 1.21 bits per heavy atom. The third-order valence-corrected chi connectivity index (χ3v) is 6.17. The average Bonchev–Trinajstić information content (AvgIpc) is 3.41. The van der Waals surface area contributed by atoms with Crippen molar-refractivity contribution in [3.8, 4) is 0 Å². The molecule has 2 saturated heterocycles. The lowest BCUT2D eigenvalue weighted by atomic mass is 9.89. The van der Waals surface area contributed by atoms with Gasteiger partial charge in [0, 0.05) is 23.2 Å². The number of ether oxygens (including phenoxy) is 1. The number of halogens is 2.